The van der Waals surface area contributed by atoms with E-state index in [9.17, 15) is 4.79 Å². The van der Waals surface area contributed by atoms with Crippen molar-refractivity contribution in [2.24, 2.45) is 23.2 Å². The molecule has 0 unspecified atom stereocenters. The van der Waals surface area contributed by atoms with Crippen LogP contribution in [0.5, 0.6) is 0 Å². The number of ether oxygens (including phenoxy) is 1. The summed E-state index contributed by atoms with van der Waals surface area (Å²) < 4.78 is 5.45. The van der Waals surface area contributed by atoms with Gasteiger partial charge in [-0.15, -0.1) is 0 Å². The van der Waals surface area contributed by atoms with Crippen LogP contribution in [0.15, 0.2) is 12.2 Å². The molecule has 4 fully saturated rings. The van der Waals surface area contributed by atoms with Crippen molar-refractivity contribution < 1.29 is 9.53 Å². The van der Waals surface area contributed by atoms with Crippen LogP contribution in [-0.4, -0.2) is 12.6 Å². The van der Waals surface area contributed by atoms with Gasteiger partial charge in [0.25, 0.3) is 0 Å². The first-order chi connectivity index (χ1) is 8.06. The predicted octanol–water partition coefficient (Wildman–Crippen LogP) is 3.32. The molecule has 4 bridgehead atoms. The largest absolute Gasteiger partial charge is 0.462 e. The molecular weight excluding hydrogens is 212 g/mol. The number of hydrogen-bond acceptors (Lipinski definition) is 2. The Balaban J connectivity index is 1.66. The highest BCUT2D eigenvalue weighted by Crippen LogP contribution is 2.60. The van der Waals surface area contributed by atoms with Gasteiger partial charge in [-0.1, -0.05) is 6.58 Å². The van der Waals surface area contributed by atoms with Crippen LogP contribution in [0.1, 0.15) is 45.4 Å². The molecule has 0 radical (unpaired) electrons. The van der Waals surface area contributed by atoms with E-state index in [1.54, 1.807) is 6.92 Å². The van der Waals surface area contributed by atoms with Crippen molar-refractivity contribution in [1.82, 2.24) is 0 Å². The molecule has 0 aromatic rings. The van der Waals surface area contributed by atoms with Gasteiger partial charge in [0.15, 0.2) is 0 Å². The van der Waals surface area contributed by atoms with Crippen LogP contribution in [0.3, 0.4) is 0 Å². The van der Waals surface area contributed by atoms with Gasteiger partial charge in [0.1, 0.15) is 0 Å². The van der Waals surface area contributed by atoms with E-state index in [2.05, 4.69) is 6.58 Å². The highest BCUT2D eigenvalue weighted by molar-refractivity contribution is 5.86. The zero-order valence-corrected chi connectivity index (χ0v) is 10.7. The monoisotopic (exact) mass is 234 g/mol. The summed E-state index contributed by atoms with van der Waals surface area (Å²) in [4.78, 5) is 11.5. The average molecular weight is 234 g/mol. The third kappa shape index (κ3) is 2.02. The highest BCUT2D eigenvalue weighted by Gasteiger charge is 2.51. The van der Waals surface area contributed by atoms with E-state index in [1.807, 2.05) is 0 Å². The van der Waals surface area contributed by atoms with Gasteiger partial charge in [0.05, 0.1) is 6.61 Å². The predicted molar refractivity (Wildman–Crippen MR) is 66.4 cm³/mol. The first-order valence-electron chi connectivity index (χ1n) is 6.89. The highest BCUT2D eigenvalue weighted by atomic mass is 16.5. The molecular formula is C15H22O2. The molecule has 2 heteroatoms. The Kier molecular flexibility index (Phi) is 2.57. The molecule has 0 aromatic heterocycles. The molecule has 4 rings (SSSR count). The maximum atomic E-state index is 11.5. The molecule has 2 nitrogen and oxygen atoms in total. The number of carbonyl (C=O) groups excluding carboxylic acids is 1. The van der Waals surface area contributed by atoms with Gasteiger partial charge < -0.3 is 4.74 Å². The molecule has 17 heavy (non-hydrogen) atoms. The summed E-state index contributed by atoms with van der Waals surface area (Å²) >= 11 is 0. The van der Waals surface area contributed by atoms with Gasteiger partial charge in [0.2, 0.25) is 0 Å². The molecule has 0 aliphatic heterocycles. The van der Waals surface area contributed by atoms with E-state index < -0.39 is 0 Å². The molecule has 0 aromatic carbocycles. The van der Waals surface area contributed by atoms with Gasteiger partial charge in [0, 0.05) is 11.0 Å². The van der Waals surface area contributed by atoms with Crippen LogP contribution >= 0.6 is 0 Å². The van der Waals surface area contributed by atoms with Crippen molar-refractivity contribution in [1.29, 1.82) is 0 Å². The van der Waals surface area contributed by atoms with Crippen molar-refractivity contribution >= 4 is 5.97 Å². The maximum absolute atomic E-state index is 11.5. The molecule has 94 valence electrons. The van der Waals surface area contributed by atoms with Crippen LogP contribution in [0.2, 0.25) is 0 Å². The maximum Gasteiger partial charge on any atom is 0.333 e. The van der Waals surface area contributed by atoms with Crippen LogP contribution in [0.25, 0.3) is 0 Å². The normalized spacial score (nSPS) is 42.5. The summed E-state index contributed by atoms with van der Waals surface area (Å²) in [6.07, 6.45) is 8.20. The molecule has 0 N–H and O–H groups in total. The lowest BCUT2D eigenvalue weighted by atomic mass is 9.50. The third-order valence-corrected chi connectivity index (χ3v) is 5.02. The van der Waals surface area contributed by atoms with Crippen LogP contribution < -0.4 is 0 Å². The van der Waals surface area contributed by atoms with Gasteiger partial charge in [-0.25, -0.2) is 4.79 Å². The van der Waals surface area contributed by atoms with Crippen LogP contribution in [0, 0.1) is 23.2 Å². The fourth-order valence-electron chi connectivity index (χ4n) is 4.81. The number of carbonyl (C=O) groups is 1. The summed E-state index contributed by atoms with van der Waals surface area (Å²) in [6, 6.07) is 0. The third-order valence-electron chi connectivity index (χ3n) is 5.02. The number of esters is 1. The Morgan fingerprint density at radius 1 is 1.18 bits per heavy atom. The minimum absolute atomic E-state index is 0.208. The second-order valence-corrected chi connectivity index (χ2v) is 6.77. The van der Waals surface area contributed by atoms with E-state index in [0.717, 1.165) is 17.8 Å². The van der Waals surface area contributed by atoms with Crippen molar-refractivity contribution in [2.75, 3.05) is 6.61 Å². The summed E-state index contributed by atoms with van der Waals surface area (Å²) in [5.41, 5.74) is 0.856. The number of rotatable bonds is 3. The lowest BCUT2D eigenvalue weighted by Gasteiger charge is -2.56. The first-order valence-corrected chi connectivity index (χ1v) is 6.89. The van der Waals surface area contributed by atoms with Crippen molar-refractivity contribution in [3.05, 3.63) is 12.2 Å². The minimum atomic E-state index is -0.208. The number of hydrogen-bond donors (Lipinski definition) is 0. The van der Waals surface area contributed by atoms with Crippen LogP contribution in [-0.2, 0) is 9.53 Å². The lowest BCUT2D eigenvalue weighted by Crippen LogP contribution is -2.48. The molecule has 0 spiro atoms. The standard InChI is InChI=1S/C15H22O2/c1-10(2)14(16)17-9-15-6-11-3-12(7-15)5-13(4-11)8-15/h11-13H,1,3-9H2,2H3/t11-,12?,13?,15-. The van der Waals surface area contributed by atoms with Crippen molar-refractivity contribution in [3.8, 4) is 0 Å². The van der Waals surface area contributed by atoms with Crippen LogP contribution in [0.4, 0.5) is 0 Å². The van der Waals surface area contributed by atoms with Gasteiger partial charge in [-0.2, -0.15) is 0 Å². The van der Waals surface area contributed by atoms with Crippen molar-refractivity contribution in [2.45, 2.75) is 45.4 Å². The smallest absolute Gasteiger partial charge is 0.333 e. The Morgan fingerprint density at radius 2 is 1.65 bits per heavy atom. The molecule has 4 aliphatic carbocycles. The summed E-state index contributed by atoms with van der Waals surface area (Å²) in [5, 5.41) is 0. The summed E-state index contributed by atoms with van der Waals surface area (Å²) in [6.45, 7) is 6.01. The molecule has 0 atom stereocenters. The lowest BCUT2D eigenvalue weighted by molar-refractivity contribution is -0.150. The molecule has 4 saturated carbocycles. The van der Waals surface area contributed by atoms with E-state index in [1.165, 1.54) is 38.5 Å². The molecule has 0 saturated heterocycles. The molecule has 0 heterocycles. The topological polar surface area (TPSA) is 26.3 Å². The minimum Gasteiger partial charge on any atom is -0.462 e. The van der Waals surface area contributed by atoms with Gasteiger partial charge >= 0.3 is 5.97 Å². The fourth-order valence-corrected chi connectivity index (χ4v) is 4.81. The zero-order chi connectivity index (χ0) is 12.0. The first kappa shape index (κ1) is 11.3. The summed E-state index contributed by atoms with van der Waals surface area (Å²) in [7, 11) is 0. The van der Waals surface area contributed by atoms with Gasteiger partial charge in [-0.05, 0) is 63.2 Å². The summed E-state index contributed by atoms with van der Waals surface area (Å²) in [5.74, 6) is 2.56. The quantitative estimate of drug-likeness (QED) is 0.553. The zero-order valence-electron chi connectivity index (χ0n) is 10.7. The van der Waals surface area contributed by atoms with Gasteiger partial charge in [-0.3, -0.25) is 0 Å². The Bertz CT molecular complexity index is 321. The van der Waals surface area contributed by atoms with E-state index in [0.29, 0.717) is 17.6 Å². The van der Waals surface area contributed by atoms with E-state index in [4.69, 9.17) is 4.74 Å². The average Bonchev–Trinajstić information content (AvgIpc) is 2.24. The fraction of sp³-hybridized carbons (Fsp3) is 0.800. The molecule has 0 amide bonds. The second kappa shape index (κ2) is 3.86. The Morgan fingerprint density at radius 3 is 2.06 bits per heavy atom. The van der Waals surface area contributed by atoms with E-state index in [-0.39, 0.29) is 5.97 Å². The van der Waals surface area contributed by atoms with E-state index >= 15 is 0 Å². The molecule has 4 aliphatic rings. The second-order valence-electron chi connectivity index (χ2n) is 6.77. The Hall–Kier alpha value is -0.790. The SMILES string of the molecule is C=C(C)C(=O)OC[C@]12CC3CC(C[C@H](C3)C1)C2. The Labute approximate surface area is 103 Å². The van der Waals surface area contributed by atoms with Crippen molar-refractivity contribution in [3.63, 3.8) is 0 Å².